The van der Waals surface area contributed by atoms with Crippen molar-refractivity contribution in [2.75, 3.05) is 31.0 Å². The minimum Gasteiger partial charge on any atom is -0.497 e. The number of anilines is 3. The Morgan fingerprint density at radius 2 is 1.47 bits per heavy atom. The van der Waals surface area contributed by atoms with Crippen LogP contribution in [0.5, 0.6) is 5.75 Å². The van der Waals surface area contributed by atoms with Gasteiger partial charge in [0, 0.05) is 31.4 Å². The number of hydrogen-bond donors (Lipinski definition) is 1. The Morgan fingerprint density at radius 3 is 2.06 bits per heavy atom. The van der Waals surface area contributed by atoms with Gasteiger partial charge >= 0.3 is 5.97 Å². The molecule has 0 bridgehead atoms. The first-order valence-electron chi connectivity index (χ1n) is 12.6. The lowest BCUT2D eigenvalue weighted by Crippen LogP contribution is -2.35. The predicted molar refractivity (Wildman–Crippen MR) is 146 cm³/mol. The van der Waals surface area contributed by atoms with Crippen LogP contribution in [0.25, 0.3) is 0 Å². The number of rotatable bonds is 3. The lowest BCUT2D eigenvalue weighted by Gasteiger charge is -2.43. The van der Waals surface area contributed by atoms with Gasteiger partial charge in [-0.05, 0) is 70.7 Å². The number of fused-ring (bicyclic) bond motifs is 3. The SMILES string of the molecule is COc1ccc2c(c1)N(C)C(c1ccc(C(=O)O)cc1)c1cc3c(cc1N2C)C(C)(C)CCC3(C)C. The van der Waals surface area contributed by atoms with Crippen molar-refractivity contribution in [1.29, 1.82) is 0 Å². The van der Waals surface area contributed by atoms with E-state index >= 15 is 0 Å². The summed E-state index contributed by atoms with van der Waals surface area (Å²) in [7, 11) is 5.95. The van der Waals surface area contributed by atoms with Gasteiger partial charge in [-0.25, -0.2) is 4.79 Å². The molecular weight excluding hydrogens is 448 g/mol. The molecule has 3 aromatic carbocycles. The number of carbonyl (C=O) groups is 1. The van der Waals surface area contributed by atoms with Gasteiger partial charge in [0.2, 0.25) is 0 Å². The van der Waals surface area contributed by atoms with Crippen molar-refractivity contribution in [2.45, 2.75) is 57.4 Å². The average Bonchev–Trinajstić information content (AvgIpc) is 2.94. The first kappa shape index (κ1) is 24.2. The van der Waals surface area contributed by atoms with Crippen LogP contribution in [-0.4, -0.2) is 32.3 Å². The second-order valence-electron chi connectivity index (χ2n) is 11.6. The van der Waals surface area contributed by atoms with Crippen LogP contribution in [0.1, 0.15) is 79.2 Å². The van der Waals surface area contributed by atoms with Crippen LogP contribution < -0.4 is 14.5 Å². The summed E-state index contributed by atoms with van der Waals surface area (Å²) in [5.41, 5.74) is 8.94. The highest BCUT2D eigenvalue weighted by Crippen LogP contribution is 2.53. The Kier molecular flexibility index (Phi) is 5.58. The largest absolute Gasteiger partial charge is 0.497 e. The molecule has 0 amide bonds. The first-order chi connectivity index (χ1) is 16.9. The fourth-order valence-electron chi connectivity index (χ4n) is 6.01. The van der Waals surface area contributed by atoms with E-state index in [1.165, 1.54) is 22.4 Å². The molecule has 5 rings (SSSR count). The number of aromatic carboxylic acids is 1. The zero-order chi connectivity index (χ0) is 26.0. The number of methoxy groups -OCH3 is 1. The van der Waals surface area contributed by atoms with Crippen molar-refractivity contribution in [2.24, 2.45) is 0 Å². The highest BCUT2D eigenvalue weighted by Gasteiger charge is 2.40. The van der Waals surface area contributed by atoms with E-state index in [1.54, 1.807) is 19.2 Å². The predicted octanol–water partition coefficient (Wildman–Crippen LogP) is 7.05. The third-order valence-corrected chi connectivity index (χ3v) is 8.44. The van der Waals surface area contributed by atoms with E-state index in [1.807, 2.05) is 18.2 Å². The lowest BCUT2D eigenvalue weighted by molar-refractivity contribution is 0.0697. The topological polar surface area (TPSA) is 53.0 Å². The van der Waals surface area contributed by atoms with E-state index in [0.717, 1.165) is 35.5 Å². The molecule has 2 aliphatic rings. The second kappa shape index (κ2) is 8.29. The fourth-order valence-corrected chi connectivity index (χ4v) is 6.01. The Morgan fingerprint density at radius 1 is 0.861 bits per heavy atom. The maximum atomic E-state index is 11.5. The number of carboxylic acid groups (broad SMARTS) is 1. The number of hydrogen-bond acceptors (Lipinski definition) is 4. The number of ether oxygens (including phenoxy) is 1. The van der Waals surface area contributed by atoms with Crippen molar-refractivity contribution in [3.8, 4) is 5.75 Å². The minimum absolute atomic E-state index is 0.0805. The first-order valence-corrected chi connectivity index (χ1v) is 12.6. The Bertz CT molecular complexity index is 1340. The van der Waals surface area contributed by atoms with Gasteiger partial charge in [0.15, 0.2) is 0 Å². The highest BCUT2D eigenvalue weighted by atomic mass is 16.5. The van der Waals surface area contributed by atoms with Crippen LogP contribution in [0.4, 0.5) is 17.1 Å². The molecule has 188 valence electrons. The van der Waals surface area contributed by atoms with Crippen molar-refractivity contribution in [3.63, 3.8) is 0 Å². The lowest BCUT2D eigenvalue weighted by atomic mass is 9.62. The summed E-state index contributed by atoms with van der Waals surface area (Å²) < 4.78 is 5.59. The van der Waals surface area contributed by atoms with Crippen molar-refractivity contribution in [3.05, 3.63) is 82.4 Å². The molecule has 0 saturated carbocycles. The average molecular weight is 485 g/mol. The van der Waals surface area contributed by atoms with Crippen molar-refractivity contribution in [1.82, 2.24) is 0 Å². The van der Waals surface area contributed by atoms with Gasteiger partial charge in [-0.1, -0.05) is 45.9 Å². The van der Waals surface area contributed by atoms with Gasteiger partial charge in [-0.3, -0.25) is 0 Å². The number of benzene rings is 3. The zero-order valence-electron chi connectivity index (χ0n) is 22.3. The molecule has 1 heterocycles. The molecule has 3 aromatic rings. The molecule has 1 aliphatic heterocycles. The number of nitrogens with zero attached hydrogens (tertiary/aromatic N) is 2. The zero-order valence-corrected chi connectivity index (χ0v) is 22.3. The maximum Gasteiger partial charge on any atom is 0.335 e. The maximum absolute atomic E-state index is 11.5. The molecule has 1 unspecified atom stereocenters. The van der Waals surface area contributed by atoms with Crippen molar-refractivity contribution >= 4 is 23.0 Å². The van der Waals surface area contributed by atoms with Crippen LogP contribution >= 0.6 is 0 Å². The number of carboxylic acids is 1. The third-order valence-electron chi connectivity index (χ3n) is 8.44. The van der Waals surface area contributed by atoms with E-state index in [4.69, 9.17) is 4.74 Å². The minimum atomic E-state index is -0.913. The fraction of sp³-hybridized carbons (Fsp3) is 0.387. The van der Waals surface area contributed by atoms with E-state index in [-0.39, 0.29) is 16.9 Å². The van der Waals surface area contributed by atoms with Crippen LogP contribution in [0.3, 0.4) is 0 Å². The summed E-state index contributed by atoms with van der Waals surface area (Å²) in [4.78, 5) is 16.1. The monoisotopic (exact) mass is 484 g/mol. The van der Waals surface area contributed by atoms with Crippen LogP contribution in [-0.2, 0) is 10.8 Å². The van der Waals surface area contributed by atoms with Crippen LogP contribution in [0, 0.1) is 0 Å². The molecule has 0 radical (unpaired) electrons. The Labute approximate surface area is 214 Å². The summed E-state index contributed by atoms with van der Waals surface area (Å²) in [6.07, 6.45) is 2.30. The van der Waals surface area contributed by atoms with Gasteiger partial charge < -0.3 is 19.6 Å². The Hall–Kier alpha value is -3.47. The van der Waals surface area contributed by atoms with Crippen molar-refractivity contribution < 1.29 is 14.6 Å². The van der Waals surface area contributed by atoms with E-state index in [0.29, 0.717) is 5.56 Å². The Balaban J connectivity index is 1.81. The summed E-state index contributed by atoms with van der Waals surface area (Å²) in [5.74, 6) is -0.106. The molecular formula is C31H36N2O3. The molecule has 36 heavy (non-hydrogen) atoms. The van der Waals surface area contributed by atoms with E-state index < -0.39 is 5.97 Å². The van der Waals surface area contributed by atoms with Gasteiger partial charge in [0.25, 0.3) is 0 Å². The standard InChI is InChI=1S/C31H36N2O3/c1-30(2)14-15-31(3,4)24-18-26-22(17-23(24)30)28(19-8-10-20(11-9-19)29(34)35)33(6)27-16-21(36-7)12-13-25(27)32(26)5/h8-13,16-18,28H,14-15H2,1-7H3,(H,34,35). The van der Waals surface area contributed by atoms with Crippen LogP contribution in [0.2, 0.25) is 0 Å². The third kappa shape index (κ3) is 3.73. The van der Waals surface area contributed by atoms with Gasteiger partial charge in [-0.2, -0.15) is 0 Å². The normalized spacial score (nSPS) is 19.6. The van der Waals surface area contributed by atoms with Gasteiger partial charge in [-0.15, -0.1) is 0 Å². The molecule has 0 fully saturated rings. The van der Waals surface area contributed by atoms with Gasteiger partial charge in [0.1, 0.15) is 5.75 Å². The smallest absolute Gasteiger partial charge is 0.335 e. The summed E-state index contributed by atoms with van der Waals surface area (Å²) in [6, 6.07) is 18.3. The molecule has 5 nitrogen and oxygen atoms in total. The van der Waals surface area contributed by atoms with Gasteiger partial charge in [0.05, 0.1) is 30.1 Å². The molecule has 5 heteroatoms. The van der Waals surface area contributed by atoms with Crippen LogP contribution in [0.15, 0.2) is 54.6 Å². The molecule has 0 spiro atoms. The molecule has 1 atom stereocenters. The van der Waals surface area contributed by atoms with E-state index in [2.05, 4.69) is 75.9 Å². The molecule has 1 N–H and O–H groups in total. The highest BCUT2D eigenvalue weighted by molar-refractivity contribution is 5.88. The molecule has 0 saturated heterocycles. The molecule has 1 aliphatic carbocycles. The quantitative estimate of drug-likeness (QED) is 0.432. The second-order valence-corrected chi connectivity index (χ2v) is 11.6. The summed E-state index contributed by atoms with van der Waals surface area (Å²) in [5, 5.41) is 9.47. The summed E-state index contributed by atoms with van der Waals surface area (Å²) >= 11 is 0. The molecule has 0 aromatic heterocycles. The van der Waals surface area contributed by atoms with E-state index in [9.17, 15) is 9.90 Å². The summed E-state index contributed by atoms with van der Waals surface area (Å²) in [6.45, 7) is 9.43.